The maximum Gasteiger partial charge on any atom is 0.275 e. The van der Waals surface area contributed by atoms with Crippen LogP contribution in [-0.2, 0) is 0 Å². The maximum atomic E-state index is 11.7. The van der Waals surface area contributed by atoms with Crippen molar-refractivity contribution in [2.45, 2.75) is 0 Å². The van der Waals surface area contributed by atoms with E-state index in [4.69, 9.17) is 5.73 Å². The van der Waals surface area contributed by atoms with E-state index in [1.807, 2.05) is 0 Å². The summed E-state index contributed by atoms with van der Waals surface area (Å²) in [4.78, 5) is 15.7. The van der Waals surface area contributed by atoms with E-state index in [2.05, 4.69) is 36.4 Å². The van der Waals surface area contributed by atoms with Crippen molar-refractivity contribution in [3.8, 4) is 0 Å². The van der Waals surface area contributed by atoms with Crippen LogP contribution in [-0.4, -0.2) is 21.1 Å². The second kappa shape index (κ2) is 4.31. The first-order valence-corrected chi connectivity index (χ1v) is 5.18. The molecule has 0 bridgehead atoms. The molecule has 0 aliphatic carbocycles. The molecule has 2 aromatic rings. The minimum Gasteiger partial charge on any atom is -0.396 e. The van der Waals surface area contributed by atoms with Gasteiger partial charge >= 0.3 is 0 Å². The summed E-state index contributed by atoms with van der Waals surface area (Å²) < 4.78 is 0.557. The van der Waals surface area contributed by atoms with Gasteiger partial charge in [-0.25, -0.2) is 4.98 Å². The van der Waals surface area contributed by atoms with Crippen LogP contribution in [0.2, 0.25) is 0 Å². The zero-order valence-electron chi connectivity index (χ0n) is 8.07. The van der Waals surface area contributed by atoms with E-state index in [0.717, 1.165) is 0 Å². The van der Waals surface area contributed by atoms with Crippen molar-refractivity contribution in [1.29, 1.82) is 0 Å². The molecule has 0 fully saturated rings. The average Bonchev–Trinajstić information content (AvgIpc) is 2.68. The number of amides is 1. The number of nitrogens with two attached hydrogens (primary N) is 1. The first-order chi connectivity index (χ1) is 7.68. The highest BCUT2D eigenvalue weighted by atomic mass is 79.9. The van der Waals surface area contributed by atoms with Crippen LogP contribution < -0.4 is 11.1 Å². The number of H-pyrrole nitrogens is 1. The maximum absolute atomic E-state index is 11.7. The lowest BCUT2D eigenvalue weighted by Crippen LogP contribution is -2.14. The SMILES string of the molecule is Nc1cn[nH]c1C(=O)Nc1cccnc1Br. The first kappa shape index (κ1) is 10.6. The Morgan fingerprint density at radius 1 is 1.56 bits per heavy atom. The van der Waals surface area contributed by atoms with E-state index >= 15 is 0 Å². The minimum atomic E-state index is -0.358. The molecule has 0 saturated carbocycles. The lowest BCUT2D eigenvalue weighted by atomic mass is 10.3. The lowest BCUT2D eigenvalue weighted by molar-refractivity contribution is 0.102. The van der Waals surface area contributed by atoms with Crippen LogP contribution in [0.15, 0.2) is 29.1 Å². The van der Waals surface area contributed by atoms with Gasteiger partial charge in [-0.1, -0.05) is 0 Å². The van der Waals surface area contributed by atoms with E-state index in [9.17, 15) is 4.79 Å². The number of aromatic nitrogens is 3. The van der Waals surface area contributed by atoms with Gasteiger partial charge in [0.15, 0.2) is 0 Å². The number of carbonyl (C=O) groups is 1. The predicted molar refractivity (Wildman–Crippen MR) is 62.9 cm³/mol. The Labute approximate surface area is 99.4 Å². The van der Waals surface area contributed by atoms with Crippen LogP contribution >= 0.6 is 15.9 Å². The fourth-order valence-corrected chi connectivity index (χ4v) is 1.49. The molecule has 0 spiro atoms. The largest absolute Gasteiger partial charge is 0.396 e. The van der Waals surface area contributed by atoms with Crippen molar-refractivity contribution in [1.82, 2.24) is 15.2 Å². The molecule has 0 aromatic carbocycles. The molecular weight excluding hydrogens is 274 g/mol. The van der Waals surface area contributed by atoms with Crippen LogP contribution in [0, 0.1) is 0 Å². The van der Waals surface area contributed by atoms with Crippen molar-refractivity contribution >= 4 is 33.2 Å². The van der Waals surface area contributed by atoms with Crippen molar-refractivity contribution < 1.29 is 4.79 Å². The van der Waals surface area contributed by atoms with Crippen LogP contribution in [0.4, 0.5) is 11.4 Å². The van der Waals surface area contributed by atoms with Gasteiger partial charge in [-0.05, 0) is 28.1 Å². The number of rotatable bonds is 2. The summed E-state index contributed by atoms with van der Waals surface area (Å²) in [5.74, 6) is -0.358. The summed E-state index contributed by atoms with van der Waals surface area (Å²) >= 11 is 3.22. The number of nitrogen functional groups attached to an aromatic ring is 1. The third-order valence-corrected chi connectivity index (χ3v) is 2.53. The van der Waals surface area contributed by atoms with Gasteiger partial charge in [0, 0.05) is 6.20 Å². The van der Waals surface area contributed by atoms with Gasteiger partial charge in [0.1, 0.15) is 10.3 Å². The summed E-state index contributed by atoms with van der Waals surface area (Å²) in [6.07, 6.45) is 3.00. The quantitative estimate of drug-likeness (QED) is 0.725. The molecule has 7 heteroatoms. The van der Waals surface area contributed by atoms with Crippen LogP contribution in [0.1, 0.15) is 10.5 Å². The van der Waals surface area contributed by atoms with Crippen LogP contribution in [0.25, 0.3) is 0 Å². The first-order valence-electron chi connectivity index (χ1n) is 4.39. The fourth-order valence-electron chi connectivity index (χ4n) is 1.14. The number of carbonyl (C=O) groups excluding carboxylic acids is 1. The molecule has 0 saturated heterocycles. The number of aromatic amines is 1. The molecule has 1 amide bonds. The van der Waals surface area contributed by atoms with Gasteiger partial charge in [-0.2, -0.15) is 5.10 Å². The molecular formula is C9H8BrN5O. The van der Waals surface area contributed by atoms with Crippen molar-refractivity contribution in [3.05, 3.63) is 34.8 Å². The van der Waals surface area contributed by atoms with E-state index in [-0.39, 0.29) is 11.6 Å². The monoisotopic (exact) mass is 281 g/mol. The van der Waals surface area contributed by atoms with E-state index in [1.54, 1.807) is 18.3 Å². The summed E-state index contributed by atoms with van der Waals surface area (Å²) in [5.41, 5.74) is 6.66. The third kappa shape index (κ3) is 2.03. The topological polar surface area (TPSA) is 96.7 Å². The highest BCUT2D eigenvalue weighted by Crippen LogP contribution is 2.19. The van der Waals surface area contributed by atoms with Crippen molar-refractivity contribution in [3.63, 3.8) is 0 Å². The molecule has 4 N–H and O–H groups in total. The Bertz CT molecular complexity index is 524. The van der Waals surface area contributed by atoms with Gasteiger partial charge in [0.2, 0.25) is 0 Å². The molecule has 0 unspecified atom stereocenters. The van der Waals surface area contributed by atoms with Crippen LogP contribution in [0.3, 0.4) is 0 Å². The second-order valence-corrected chi connectivity index (χ2v) is 3.75. The van der Waals surface area contributed by atoms with E-state index in [0.29, 0.717) is 16.0 Å². The molecule has 0 aliphatic heterocycles. The number of anilines is 2. The summed E-state index contributed by atoms with van der Waals surface area (Å²) in [5, 5.41) is 8.84. The predicted octanol–water partition coefficient (Wildman–Crippen LogP) is 1.40. The molecule has 2 aromatic heterocycles. The molecule has 82 valence electrons. The average molecular weight is 282 g/mol. The number of halogens is 1. The Balaban J connectivity index is 2.21. The molecule has 0 radical (unpaired) electrons. The standard InChI is InChI=1S/C9H8BrN5O/c10-8-6(2-1-3-12-8)14-9(16)7-5(11)4-13-15-7/h1-4H,11H2,(H,13,15)(H,14,16). The molecule has 0 atom stereocenters. The minimum absolute atomic E-state index is 0.232. The number of pyridine rings is 1. The zero-order valence-corrected chi connectivity index (χ0v) is 9.65. The third-order valence-electron chi connectivity index (χ3n) is 1.90. The van der Waals surface area contributed by atoms with E-state index < -0.39 is 0 Å². The molecule has 2 heterocycles. The highest BCUT2D eigenvalue weighted by molar-refractivity contribution is 9.10. The highest BCUT2D eigenvalue weighted by Gasteiger charge is 2.13. The summed E-state index contributed by atoms with van der Waals surface area (Å²) in [7, 11) is 0. The van der Waals surface area contributed by atoms with Gasteiger partial charge in [0.05, 0.1) is 17.6 Å². The molecule has 0 aliphatic rings. The molecule has 16 heavy (non-hydrogen) atoms. The Morgan fingerprint density at radius 3 is 3.00 bits per heavy atom. The second-order valence-electron chi connectivity index (χ2n) is 3.00. The Kier molecular flexibility index (Phi) is 2.86. The normalized spacial score (nSPS) is 10.1. The van der Waals surface area contributed by atoms with E-state index in [1.165, 1.54) is 6.20 Å². The van der Waals surface area contributed by atoms with Crippen molar-refractivity contribution in [2.24, 2.45) is 0 Å². The van der Waals surface area contributed by atoms with Gasteiger partial charge < -0.3 is 11.1 Å². The Morgan fingerprint density at radius 2 is 2.38 bits per heavy atom. The van der Waals surface area contributed by atoms with Gasteiger partial charge in [-0.15, -0.1) is 0 Å². The van der Waals surface area contributed by atoms with Gasteiger partial charge in [0.25, 0.3) is 5.91 Å². The number of nitrogens with zero attached hydrogens (tertiary/aromatic N) is 2. The van der Waals surface area contributed by atoms with Crippen LogP contribution in [0.5, 0.6) is 0 Å². The summed E-state index contributed by atoms with van der Waals surface area (Å²) in [6.45, 7) is 0. The molecule has 6 nitrogen and oxygen atoms in total. The number of nitrogens with one attached hydrogen (secondary N) is 2. The Hall–Kier alpha value is -1.89. The summed E-state index contributed by atoms with van der Waals surface area (Å²) in [6, 6.07) is 3.44. The fraction of sp³-hybridized carbons (Fsp3) is 0. The van der Waals surface area contributed by atoms with Crippen molar-refractivity contribution in [2.75, 3.05) is 11.1 Å². The number of hydrogen-bond donors (Lipinski definition) is 3. The smallest absolute Gasteiger partial charge is 0.275 e. The van der Waals surface area contributed by atoms with Gasteiger partial charge in [-0.3, -0.25) is 9.89 Å². The number of hydrogen-bond acceptors (Lipinski definition) is 4. The molecule has 2 rings (SSSR count). The zero-order chi connectivity index (χ0) is 11.5. The lowest BCUT2D eigenvalue weighted by Gasteiger charge is -2.05.